The van der Waals surface area contributed by atoms with Crippen LogP contribution in [0.3, 0.4) is 0 Å². The molecular weight excluding hydrogens is 494 g/mol. The van der Waals surface area contributed by atoms with Gasteiger partial charge < -0.3 is 31.7 Å². The normalized spacial score (nSPS) is 18.4. The summed E-state index contributed by atoms with van der Waals surface area (Å²) < 4.78 is 0. The van der Waals surface area contributed by atoms with E-state index in [1.54, 1.807) is 30.0 Å². The van der Waals surface area contributed by atoms with E-state index in [-0.39, 0.29) is 24.4 Å². The van der Waals surface area contributed by atoms with Crippen LogP contribution in [0.25, 0.3) is 0 Å². The zero-order valence-corrected chi connectivity index (χ0v) is 22.7. The summed E-state index contributed by atoms with van der Waals surface area (Å²) in [6.45, 7) is 2.50. The second-order valence-corrected chi connectivity index (χ2v) is 10.8. The maximum Gasteiger partial charge on any atom is 0.251 e. The van der Waals surface area contributed by atoms with Crippen molar-refractivity contribution in [3.8, 4) is 0 Å². The topological polar surface area (TPSA) is 137 Å². The third-order valence-corrected chi connectivity index (χ3v) is 7.64. The summed E-state index contributed by atoms with van der Waals surface area (Å²) in [6, 6.07) is 13.6. The molecule has 3 amide bonds. The van der Waals surface area contributed by atoms with Gasteiger partial charge in [-0.2, -0.15) is 0 Å². The Kier molecular flexibility index (Phi) is 9.95. The van der Waals surface area contributed by atoms with Gasteiger partial charge in [0, 0.05) is 42.5 Å². The number of nitrogens with two attached hydrogens (primary N) is 1. The van der Waals surface area contributed by atoms with E-state index in [9.17, 15) is 19.5 Å². The lowest BCUT2D eigenvalue weighted by atomic mass is 9.95. The molecule has 0 radical (unpaired) electrons. The van der Waals surface area contributed by atoms with Gasteiger partial charge in [-0.25, -0.2) is 0 Å². The molecule has 1 unspecified atom stereocenters. The lowest BCUT2D eigenvalue weighted by molar-refractivity contribution is -0.123. The van der Waals surface area contributed by atoms with Crippen molar-refractivity contribution in [3.05, 3.63) is 59.7 Å². The Morgan fingerprint density at radius 2 is 1.82 bits per heavy atom. The summed E-state index contributed by atoms with van der Waals surface area (Å²) in [7, 11) is 0. The molecule has 0 spiro atoms. The van der Waals surface area contributed by atoms with Gasteiger partial charge in [-0.3, -0.25) is 14.4 Å². The van der Waals surface area contributed by atoms with Gasteiger partial charge in [0.05, 0.1) is 18.2 Å². The van der Waals surface area contributed by atoms with Crippen LogP contribution in [0.15, 0.2) is 48.5 Å². The van der Waals surface area contributed by atoms with E-state index in [0.717, 1.165) is 37.7 Å². The summed E-state index contributed by atoms with van der Waals surface area (Å²) in [5.74, 6) is -0.461. The van der Waals surface area contributed by atoms with Crippen LogP contribution in [0.4, 0.5) is 11.4 Å². The molecule has 0 bridgehead atoms. The average molecular weight is 536 g/mol. The third-order valence-electron chi connectivity index (χ3n) is 7.64. The van der Waals surface area contributed by atoms with E-state index >= 15 is 0 Å². The van der Waals surface area contributed by atoms with E-state index < -0.39 is 24.1 Å². The number of hydrogen-bond donors (Lipinski definition) is 5. The van der Waals surface area contributed by atoms with Crippen molar-refractivity contribution >= 4 is 29.1 Å². The number of aliphatic hydroxyl groups excluding tert-OH is 1. The minimum Gasteiger partial charge on any atom is -0.399 e. The highest BCUT2D eigenvalue weighted by molar-refractivity contribution is 6.00. The number of hydrogen-bond acceptors (Lipinski definition) is 6. The minimum absolute atomic E-state index is 0.0112. The predicted octanol–water partition coefficient (Wildman–Crippen LogP) is 2.52. The predicted molar refractivity (Wildman–Crippen MR) is 152 cm³/mol. The van der Waals surface area contributed by atoms with Crippen molar-refractivity contribution < 1.29 is 19.5 Å². The molecule has 210 valence electrons. The third kappa shape index (κ3) is 8.03. The molecule has 2 fully saturated rings. The van der Waals surface area contributed by atoms with Gasteiger partial charge in [0.25, 0.3) is 5.91 Å². The van der Waals surface area contributed by atoms with Crippen LogP contribution in [-0.2, 0) is 16.0 Å². The van der Waals surface area contributed by atoms with Crippen molar-refractivity contribution in [1.29, 1.82) is 0 Å². The van der Waals surface area contributed by atoms with Crippen LogP contribution >= 0.6 is 0 Å². The Morgan fingerprint density at radius 1 is 1.08 bits per heavy atom. The standard InChI is InChI=1S/C30H41N5O4/c1-20(29(38)33-24-11-6-3-7-12-24)32-19-27(36)26(15-21-9-4-2-5-10-21)34-30(39)22-16-23(31)18-25(17-22)35-14-8-13-28(35)37/h2,4-5,9-10,16-18,20,24,26-27,32,36H,3,6-8,11-15,19,31H2,1H3,(H,33,38)(H,34,39)/t20-,26?,27+/m0/s1. The van der Waals surface area contributed by atoms with E-state index in [1.165, 1.54) is 6.42 Å². The Balaban J connectivity index is 1.42. The number of rotatable bonds is 11. The van der Waals surface area contributed by atoms with Crippen LogP contribution in [0.1, 0.15) is 67.8 Å². The van der Waals surface area contributed by atoms with Gasteiger partial charge in [-0.1, -0.05) is 49.6 Å². The van der Waals surface area contributed by atoms with Crippen molar-refractivity contribution in [3.63, 3.8) is 0 Å². The molecule has 1 aliphatic carbocycles. The first-order valence-electron chi connectivity index (χ1n) is 14.1. The number of benzene rings is 2. The lowest BCUT2D eigenvalue weighted by Crippen LogP contribution is -2.53. The molecule has 2 aromatic rings. The molecule has 9 heteroatoms. The van der Waals surface area contributed by atoms with E-state index in [1.807, 2.05) is 30.3 Å². The van der Waals surface area contributed by atoms with Crippen LogP contribution < -0.4 is 26.6 Å². The molecule has 1 saturated carbocycles. The van der Waals surface area contributed by atoms with E-state index in [2.05, 4.69) is 16.0 Å². The largest absolute Gasteiger partial charge is 0.399 e. The molecule has 9 nitrogen and oxygen atoms in total. The van der Waals surface area contributed by atoms with E-state index in [0.29, 0.717) is 36.3 Å². The molecule has 1 aliphatic heterocycles. The first kappa shape index (κ1) is 28.6. The SMILES string of the molecule is C[C@H](NC[C@@H](O)C(Cc1ccccc1)NC(=O)c1cc(N)cc(N2CCCC2=O)c1)C(=O)NC1CCCCC1. The number of nitrogens with zero attached hydrogens (tertiary/aromatic N) is 1. The highest BCUT2D eigenvalue weighted by atomic mass is 16.3. The highest BCUT2D eigenvalue weighted by Crippen LogP contribution is 2.25. The summed E-state index contributed by atoms with van der Waals surface area (Å²) in [4.78, 5) is 39.9. The van der Waals surface area contributed by atoms with Crippen LogP contribution in [-0.4, -0.2) is 60.1 Å². The maximum absolute atomic E-state index is 13.4. The van der Waals surface area contributed by atoms with Gasteiger partial charge in [-0.05, 0) is 56.4 Å². The van der Waals surface area contributed by atoms with Gasteiger partial charge in [-0.15, -0.1) is 0 Å². The zero-order valence-electron chi connectivity index (χ0n) is 22.7. The molecule has 1 heterocycles. The molecule has 1 saturated heterocycles. The number of amides is 3. The summed E-state index contributed by atoms with van der Waals surface area (Å²) >= 11 is 0. The minimum atomic E-state index is -0.959. The van der Waals surface area contributed by atoms with Crippen molar-refractivity contribution in [2.24, 2.45) is 0 Å². The van der Waals surface area contributed by atoms with Crippen LogP contribution in [0, 0.1) is 0 Å². The fraction of sp³-hybridized carbons (Fsp3) is 0.500. The van der Waals surface area contributed by atoms with Crippen molar-refractivity contribution in [2.75, 3.05) is 23.7 Å². The van der Waals surface area contributed by atoms with Crippen molar-refractivity contribution in [1.82, 2.24) is 16.0 Å². The fourth-order valence-electron chi connectivity index (χ4n) is 5.35. The second-order valence-electron chi connectivity index (χ2n) is 10.8. The Morgan fingerprint density at radius 3 is 2.51 bits per heavy atom. The maximum atomic E-state index is 13.4. The lowest BCUT2D eigenvalue weighted by Gasteiger charge is -2.27. The molecule has 0 aromatic heterocycles. The summed E-state index contributed by atoms with van der Waals surface area (Å²) in [5, 5.41) is 20.4. The molecular formula is C30H41N5O4. The monoisotopic (exact) mass is 535 g/mol. The van der Waals surface area contributed by atoms with Crippen LogP contribution in [0.5, 0.6) is 0 Å². The second kappa shape index (κ2) is 13.6. The Labute approximate surface area is 230 Å². The summed E-state index contributed by atoms with van der Waals surface area (Å²) in [6.07, 6.45) is 6.18. The molecule has 2 aromatic carbocycles. The number of aliphatic hydroxyl groups is 1. The van der Waals surface area contributed by atoms with Gasteiger partial charge >= 0.3 is 0 Å². The smallest absolute Gasteiger partial charge is 0.251 e. The molecule has 39 heavy (non-hydrogen) atoms. The summed E-state index contributed by atoms with van der Waals surface area (Å²) in [5.41, 5.74) is 8.35. The number of nitrogen functional groups attached to an aromatic ring is 1. The van der Waals surface area contributed by atoms with Gasteiger partial charge in [0.2, 0.25) is 11.8 Å². The molecule has 2 aliphatic rings. The highest BCUT2D eigenvalue weighted by Gasteiger charge is 2.27. The van der Waals surface area contributed by atoms with Crippen molar-refractivity contribution in [2.45, 2.75) is 82.5 Å². The van der Waals surface area contributed by atoms with E-state index in [4.69, 9.17) is 5.73 Å². The number of carbonyl (C=O) groups excluding carboxylic acids is 3. The van der Waals surface area contributed by atoms with Gasteiger partial charge in [0.15, 0.2) is 0 Å². The zero-order chi connectivity index (χ0) is 27.8. The average Bonchev–Trinajstić information content (AvgIpc) is 3.37. The fourth-order valence-corrected chi connectivity index (χ4v) is 5.35. The first-order chi connectivity index (χ1) is 18.8. The van der Waals surface area contributed by atoms with Crippen LogP contribution in [0.2, 0.25) is 0 Å². The molecule has 6 N–H and O–H groups in total. The Hall–Kier alpha value is -3.43. The Bertz CT molecular complexity index is 1140. The van der Waals surface area contributed by atoms with Gasteiger partial charge in [0.1, 0.15) is 0 Å². The number of carbonyl (C=O) groups is 3. The number of nitrogens with one attached hydrogen (secondary N) is 3. The molecule has 4 rings (SSSR count). The quantitative estimate of drug-likeness (QED) is 0.281. The molecule has 3 atom stereocenters. The number of anilines is 2. The first-order valence-corrected chi connectivity index (χ1v) is 14.1.